The second-order valence-electron chi connectivity index (χ2n) is 6.65. The van der Waals surface area contributed by atoms with Crippen molar-refractivity contribution in [3.63, 3.8) is 0 Å². The van der Waals surface area contributed by atoms with Crippen LogP contribution in [0.4, 0.5) is 5.69 Å². The monoisotopic (exact) mass is 425 g/mol. The normalized spacial score (nSPS) is 15.7. The summed E-state index contributed by atoms with van der Waals surface area (Å²) in [6.07, 6.45) is 0.465. The Labute approximate surface area is 171 Å². The maximum atomic E-state index is 12.9. The van der Waals surface area contributed by atoms with Crippen molar-refractivity contribution >= 4 is 27.6 Å². The lowest BCUT2D eigenvalue weighted by Gasteiger charge is -2.30. The molecule has 1 amide bonds. The standard InChI is InChI=1S/C19H27N3O6S/c1-5-8-20-18(23)14(2)28-19(24)16-13-15(29(25,26)21(3)4)6-7-17(16)22-9-11-27-12-10-22/h5-7,13-14H,1,8-12H2,2-4H3,(H,20,23)/t14-/m0/s1. The molecule has 29 heavy (non-hydrogen) atoms. The molecule has 0 aromatic heterocycles. The first-order chi connectivity index (χ1) is 13.7. The number of nitrogens with one attached hydrogen (secondary N) is 1. The van der Waals surface area contributed by atoms with Crippen LogP contribution in [-0.2, 0) is 24.3 Å². The van der Waals surface area contributed by atoms with E-state index in [1.54, 1.807) is 6.07 Å². The van der Waals surface area contributed by atoms with E-state index in [1.807, 2.05) is 4.90 Å². The van der Waals surface area contributed by atoms with Gasteiger partial charge in [0.25, 0.3) is 5.91 Å². The van der Waals surface area contributed by atoms with E-state index in [2.05, 4.69) is 11.9 Å². The Morgan fingerprint density at radius 1 is 1.34 bits per heavy atom. The van der Waals surface area contributed by atoms with Crippen molar-refractivity contribution in [1.29, 1.82) is 0 Å². The number of amides is 1. The van der Waals surface area contributed by atoms with Gasteiger partial charge in [0.15, 0.2) is 6.10 Å². The molecule has 1 aliphatic rings. The second kappa shape index (κ2) is 9.86. The highest BCUT2D eigenvalue weighted by molar-refractivity contribution is 7.89. The van der Waals surface area contributed by atoms with Crippen LogP contribution in [0.1, 0.15) is 17.3 Å². The first kappa shape index (κ1) is 22.9. The zero-order valence-corrected chi connectivity index (χ0v) is 17.7. The molecular formula is C19H27N3O6S. The van der Waals surface area contributed by atoms with Crippen molar-refractivity contribution in [3.05, 3.63) is 36.4 Å². The summed E-state index contributed by atoms with van der Waals surface area (Å²) in [5, 5.41) is 2.55. The fourth-order valence-corrected chi connectivity index (χ4v) is 3.65. The van der Waals surface area contributed by atoms with Crippen LogP contribution >= 0.6 is 0 Å². The van der Waals surface area contributed by atoms with Crippen LogP contribution in [0.2, 0.25) is 0 Å². The Kier molecular flexibility index (Phi) is 7.77. The minimum atomic E-state index is -3.75. The zero-order valence-electron chi connectivity index (χ0n) is 16.9. The molecule has 0 unspecified atom stereocenters. The molecule has 160 valence electrons. The number of ether oxygens (including phenoxy) is 2. The van der Waals surface area contributed by atoms with E-state index < -0.39 is 28.0 Å². The number of morpholine rings is 1. The third kappa shape index (κ3) is 5.55. The molecule has 0 saturated carbocycles. The van der Waals surface area contributed by atoms with E-state index in [9.17, 15) is 18.0 Å². The molecule has 1 aromatic rings. The van der Waals surface area contributed by atoms with Gasteiger partial charge in [0.1, 0.15) is 0 Å². The number of nitrogens with zero attached hydrogens (tertiary/aromatic N) is 2. The lowest BCUT2D eigenvalue weighted by Crippen LogP contribution is -2.38. The van der Waals surface area contributed by atoms with E-state index in [1.165, 1.54) is 39.2 Å². The Morgan fingerprint density at radius 2 is 2.00 bits per heavy atom. The largest absolute Gasteiger partial charge is 0.449 e. The first-order valence-electron chi connectivity index (χ1n) is 9.17. The zero-order chi connectivity index (χ0) is 21.6. The highest BCUT2D eigenvalue weighted by Gasteiger charge is 2.27. The number of sulfonamides is 1. The minimum absolute atomic E-state index is 0.0322. The number of hydrogen-bond donors (Lipinski definition) is 1. The topological polar surface area (TPSA) is 105 Å². The summed E-state index contributed by atoms with van der Waals surface area (Å²) in [5.41, 5.74) is 0.618. The van der Waals surface area contributed by atoms with Gasteiger partial charge in [0.2, 0.25) is 10.0 Å². The molecule has 1 fully saturated rings. The molecule has 0 radical (unpaired) electrons. The van der Waals surface area contributed by atoms with Gasteiger partial charge in [-0.1, -0.05) is 6.08 Å². The number of carbonyl (C=O) groups excluding carboxylic acids is 2. The second-order valence-corrected chi connectivity index (χ2v) is 8.80. The van der Waals surface area contributed by atoms with E-state index in [0.29, 0.717) is 32.0 Å². The number of benzene rings is 1. The van der Waals surface area contributed by atoms with Crippen molar-refractivity contribution in [3.8, 4) is 0 Å². The van der Waals surface area contributed by atoms with Crippen molar-refractivity contribution in [2.24, 2.45) is 0 Å². The number of carbonyl (C=O) groups is 2. The summed E-state index contributed by atoms with van der Waals surface area (Å²) >= 11 is 0. The van der Waals surface area contributed by atoms with Gasteiger partial charge in [-0.05, 0) is 25.1 Å². The van der Waals surface area contributed by atoms with Crippen LogP contribution < -0.4 is 10.2 Å². The fourth-order valence-electron chi connectivity index (χ4n) is 2.72. The number of anilines is 1. The summed E-state index contributed by atoms with van der Waals surface area (Å²) in [6, 6.07) is 4.33. The van der Waals surface area contributed by atoms with Gasteiger partial charge in [-0.3, -0.25) is 4.79 Å². The lowest BCUT2D eigenvalue weighted by atomic mass is 10.1. The molecule has 1 heterocycles. The van der Waals surface area contributed by atoms with Crippen LogP contribution in [0.5, 0.6) is 0 Å². The first-order valence-corrected chi connectivity index (χ1v) is 10.6. The average Bonchev–Trinajstić information content (AvgIpc) is 2.71. The van der Waals surface area contributed by atoms with Crippen LogP contribution in [0, 0.1) is 0 Å². The Balaban J connectivity index is 2.37. The van der Waals surface area contributed by atoms with Crippen LogP contribution in [0.3, 0.4) is 0 Å². The van der Waals surface area contributed by atoms with E-state index in [-0.39, 0.29) is 17.0 Å². The van der Waals surface area contributed by atoms with Crippen molar-refractivity contribution < 1.29 is 27.5 Å². The molecular weight excluding hydrogens is 398 g/mol. The van der Waals surface area contributed by atoms with Crippen molar-refractivity contribution in [2.45, 2.75) is 17.9 Å². The minimum Gasteiger partial charge on any atom is -0.449 e. The predicted octanol–water partition coefficient (Wildman–Crippen LogP) is 0.621. The quantitative estimate of drug-likeness (QED) is 0.481. The fraction of sp³-hybridized carbons (Fsp3) is 0.474. The van der Waals surface area contributed by atoms with Gasteiger partial charge >= 0.3 is 5.97 Å². The van der Waals surface area contributed by atoms with Crippen LogP contribution in [0.25, 0.3) is 0 Å². The summed E-state index contributed by atoms with van der Waals surface area (Å²) < 4.78 is 36.7. The lowest BCUT2D eigenvalue weighted by molar-refractivity contribution is -0.128. The number of rotatable bonds is 8. The molecule has 1 aliphatic heterocycles. The van der Waals surface area contributed by atoms with Gasteiger partial charge < -0.3 is 19.7 Å². The summed E-state index contributed by atoms with van der Waals surface area (Å²) in [5.74, 6) is -1.24. The average molecular weight is 426 g/mol. The predicted molar refractivity (Wildman–Crippen MR) is 108 cm³/mol. The van der Waals surface area contributed by atoms with E-state index in [0.717, 1.165) is 4.31 Å². The molecule has 1 saturated heterocycles. The van der Waals surface area contributed by atoms with Gasteiger partial charge in [-0.25, -0.2) is 17.5 Å². The third-order valence-electron chi connectivity index (χ3n) is 4.39. The van der Waals surface area contributed by atoms with Crippen molar-refractivity contribution in [2.75, 3.05) is 51.8 Å². The van der Waals surface area contributed by atoms with Crippen LogP contribution in [0.15, 0.2) is 35.7 Å². The SMILES string of the molecule is C=CCNC(=O)[C@H](C)OC(=O)c1cc(S(=O)(=O)N(C)C)ccc1N1CCOCC1. The maximum Gasteiger partial charge on any atom is 0.341 e. The summed E-state index contributed by atoms with van der Waals surface area (Å²) in [4.78, 5) is 26.8. The van der Waals surface area contributed by atoms with E-state index in [4.69, 9.17) is 9.47 Å². The smallest absolute Gasteiger partial charge is 0.341 e. The highest BCUT2D eigenvalue weighted by atomic mass is 32.2. The Bertz CT molecular complexity index is 863. The Morgan fingerprint density at radius 3 is 2.59 bits per heavy atom. The number of esters is 1. The maximum absolute atomic E-state index is 12.9. The molecule has 2 rings (SSSR count). The molecule has 1 atom stereocenters. The van der Waals surface area contributed by atoms with Gasteiger partial charge in [0.05, 0.1) is 29.4 Å². The van der Waals surface area contributed by atoms with Gasteiger partial charge in [0, 0.05) is 33.7 Å². The molecule has 9 nitrogen and oxygen atoms in total. The van der Waals surface area contributed by atoms with Crippen LogP contribution in [-0.4, -0.2) is 77.6 Å². The Hall–Kier alpha value is -2.43. The molecule has 0 bridgehead atoms. The van der Waals surface area contributed by atoms with Gasteiger partial charge in [-0.2, -0.15) is 0 Å². The third-order valence-corrected chi connectivity index (χ3v) is 6.20. The summed E-state index contributed by atoms with van der Waals surface area (Å²) in [6.45, 7) is 7.29. The highest BCUT2D eigenvalue weighted by Crippen LogP contribution is 2.27. The van der Waals surface area contributed by atoms with Crippen molar-refractivity contribution in [1.82, 2.24) is 9.62 Å². The molecule has 1 aromatic carbocycles. The molecule has 0 spiro atoms. The number of hydrogen-bond acceptors (Lipinski definition) is 7. The van der Waals surface area contributed by atoms with Gasteiger partial charge in [-0.15, -0.1) is 6.58 Å². The summed E-state index contributed by atoms with van der Waals surface area (Å²) in [7, 11) is -0.921. The van der Waals surface area contributed by atoms with E-state index >= 15 is 0 Å². The molecule has 10 heteroatoms. The molecule has 0 aliphatic carbocycles. The molecule has 1 N–H and O–H groups in total.